The van der Waals surface area contributed by atoms with Gasteiger partial charge in [0, 0.05) is 0 Å². The van der Waals surface area contributed by atoms with Gasteiger partial charge in [-0.25, -0.2) is 0 Å². The average Bonchev–Trinajstić information content (AvgIpc) is 1.65. The number of rotatable bonds is 2. The maximum Gasteiger partial charge on any atom is 0.373 e. The average molecular weight is 106 g/mol. The molecule has 0 bridgehead atoms. The van der Waals surface area contributed by atoms with E-state index in [-0.39, 0.29) is 5.82 Å². The Bertz CT molecular complexity index is 88.4. The van der Waals surface area contributed by atoms with Crippen molar-refractivity contribution >= 4 is 15.9 Å². The molecule has 0 aromatic heterocycles. The van der Waals surface area contributed by atoms with Crippen molar-refractivity contribution in [1.82, 2.24) is 0 Å². The predicted molar refractivity (Wildman–Crippen MR) is 35.8 cm³/mol. The first-order valence-electron chi connectivity index (χ1n) is 2.47. The van der Waals surface area contributed by atoms with Crippen LogP contribution in [-0.2, 0) is 4.65 Å². The van der Waals surface area contributed by atoms with Crippen molar-refractivity contribution in [1.29, 1.82) is 0 Å². The summed E-state index contributed by atoms with van der Waals surface area (Å²) >= 11 is 0. The van der Waals surface area contributed by atoms with Gasteiger partial charge in [-0.05, 0) is 6.92 Å². The van der Waals surface area contributed by atoms with Crippen molar-refractivity contribution in [3.8, 4) is 0 Å². The molecule has 0 N–H and O–H groups in total. The number of allylic oxidation sites excluding steroid dienone is 2. The lowest BCUT2D eigenvalue weighted by molar-refractivity contribution is 0.470. The van der Waals surface area contributed by atoms with E-state index in [1.54, 1.807) is 13.0 Å². The summed E-state index contributed by atoms with van der Waals surface area (Å²) in [4.78, 5) is 0. The first-order valence-corrected chi connectivity index (χ1v) is 2.47. The van der Waals surface area contributed by atoms with Crippen LogP contribution >= 0.6 is 0 Å². The summed E-state index contributed by atoms with van der Waals surface area (Å²) in [6.45, 7) is 3.60. The maximum atomic E-state index is 5.36. The van der Waals surface area contributed by atoms with Gasteiger partial charge in [-0.15, -0.1) is 0 Å². The second kappa shape index (κ2) is 3.64. The molecular formula is C5H8B2O. The van der Waals surface area contributed by atoms with Gasteiger partial charge in [-0.2, -0.15) is 0 Å². The third kappa shape index (κ3) is 3.85. The van der Waals surface area contributed by atoms with Crippen LogP contribution in [0.25, 0.3) is 0 Å². The molecule has 8 heavy (non-hydrogen) atoms. The van der Waals surface area contributed by atoms with Crippen LogP contribution < -0.4 is 0 Å². The van der Waals surface area contributed by atoms with Crippen molar-refractivity contribution < 1.29 is 4.65 Å². The summed E-state index contributed by atoms with van der Waals surface area (Å²) in [5.41, 5.74) is 0. The van der Waals surface area contributed by atoms with Gasteiger partial charge in [-0.1, -0.05) is 18.8 Å². The van der Waals surface area contributed by atoms with Crippen LogP contribution in [-0.4, -0.2) is 15.9 Å². The smallest absolute Gasteiger partial charge is 0.373 e. The second-order valence-electron chi connectivity index (χ2n) is 1.75. The molecular weight excluding hydrogens is 97.7 g/mol. The third-order valence-corrected chi connectivity index (χ3v) is 0.683. The van der Waals surface area contributed by atoms with E-state index in [1.807, 2.05) is 6.92 Å². The lowest BCUT2D eigenvalue weighted by atomic mass is 9.89. The fourth-order valence-corrected chi connectivity index (χ4v) is 0.410. The summed E-state index contributed by atoms with van der Waals surface area (Å²) in [5, 5.41) is 0. The minimum Gasteiger partial charge on any atom is -0.571 e. The standard InChI is InChI=1S/C5H8B2O/c1-4(6)3-5(2)8-7/h3-4H,1-2H3/b5-3-. The van der Waals surface area contributed by atoms with Gasteiger partial charge in [0.25, 0.3) is 0 Å². The fourth-order valence-electron chi connectivity index (χ4n) is 0.410. The lowest BCUT2D eigenvalue weighted by Crippen LogP contribution is -1.84. The first-order chi connectivity index (χ1) is 3.66. The van der Waals surface area contributed by atoms with Crippen LogP contribution in [0, 0.1) is 0 Å². The quantitative estimate of drug-likeness (QED) is 0.376. The van der Waals surface area contributed by atoms with Gasteiger partial charge in [0.1, 0.15) is 0 Å². The van der Waals surface area contributed by atoms with E-state index < -0.39 is 0 Å². The molecule has 0 saturated heterocycles. The molecule has 0 saturated carbocycles. The molecule has 1 unspecified atom stereocenters. The van der Waals surface area contributed by atoms with Crippen LogP contribution in [0.15, 0.2) is 11.8 Å². The Morgan fingerprint density at radius 1 is 1.75 bits per heavy atom. The van der Waals surface area contributed by atoms with Crippen LogP contribution in [0.5, 0.6) is 0 Å². The molecule has 1 nitrogen and oxygen atoms in total. The fraction of sp³-hybridized carbons (Fsp3) is 0.600. The first kappa shape index (κ1) is 7.67. The van der Waals surface area contributed by atoms with E-state index in [2.05, 4.69) is 4.65 Å². The summed E-state index contributed by atoms with van der Waals surface area (Å²) < 4.78 is 4.34. The highest BCUT2D eigenvalue weighted by Gasteiger charge is 1.86. The Balaban J connectivity index is 3.56. The summed E-state index contributed by atoms with van der Waals surface area (Å²) in [5.74, 6) is 0.665. The van der Waals surface area contributed by atoms with Gasteiger partial charge in [0.05, 0.1) is 13.6 Å². The van der Waals surface area contributed by atoms with Gasteiger partial charge in [0.15, 0.2) is 0 Å². The van der Waals surface area contributed by atoms with Crippen molar-refractivity contribution in [3.05, 3.63) is 11.8 Å². The molecule has 0 aliphatic heterocycles. The third-order valence-electron chi connectivity index (χ3n) is 0.683. The Hall–Kier alpha value is -0.330. The van der Waals surface area contributed by atoms with Crippen molar-refractivity contribution in [2.45, 2.75) is 19.7 Å². The highest BCUT2D eigenvalue weighted by atomic mass is 16.4. The molecule has 0 heterocycles. The molecule has 0 spiro atoms. The van der Waals surface area contributed by atoms with Crippen molar-refractivity contribution in [2.24, 2.45) is 0 Å². The Morgan fingerprint density at radius 2 is 2.25 bits per heavy atom. The van der Waals surface area contributed by atoms with E-state index in [0.29, 0.717) is 5.76 Å². The van der Waals surface area contributed by atoms with Crippen LogP contribution in [0.4, 0.5) is 0 Å². The Morgan fingerprint density at radius 3 is 2.38 bits per heavy atom. The molecule has 1 atom stereocenters. The van der Waals surface area contributed by atoms with Gasteiger partial charge >= 0.3 is 8.05 Å². The van der Waals surface area contributed by atoms with E-state index in [4.69, 9.17) is 15.9 Å². The molecule has 40 valence electrons. The van der Waals surface area contributed by atoms with E-state index in [1.165, 1.54) is 0 Å². The number of hydrogen-bond donors (Lipinski definition) is 0. The van der Waals surface area contributed by atoms with Gasteiger partial charge in [-0.3, -0.25) is 0 Å². The lowest BCUT2D eigenvalue weighted by Gasteiger charge is -2.00. The van der Waals surface area contributed by atoms with Crippen molar-refractivity contribution in [3.63, 3.8) is 0 Å². The molecule has 4 radical (unpaired) electrons. The van der Waals surface area contributed by atoms with Crippen molar-refractivity contribution in [2.75, 3.05) is 0 Å². The molecule has 3 heteroatoms. The molecule has 0 aliphatic carbocycles. The zero-order chi connectivity index (χ0) is 6.57. The largest absolute Gasteiger partial charge is 0.571 e. The summed E-state index contributed by atoms with van der Waals surface area (Å²) in [6, 6.07) is 0. The van der Waals surface area contributed by atoms with E-state index >= 15 is 0 Å². The summed E-state index contributed by atoms with van der Waals surface area (Å²) in [7, 11) is 10.2. The Kier molecular flexibility index (Phi) is 3.49. The SMILES string of the molecule is [B]O/C(C)=C\C([B])C. The van der Waals surface area contributed by atoms with E-state index in [0.717, 1.165) is 0 Å². The van der Waals surface area contributed by atoms with E-state index in [9.17, 15) is 0 Å². The molecule has 0 amide bonds. The van der Waals surface area contributed by atoms with Gasteiger partial charge < -0.3 is 4.65 Å². The predicted octanol–water partition coefficient (Wildman–Crippen LogP) is 0.967. The topological polar surface area (TPSA) is 9.23 Å². The zero-order valence-electron chi connectivity index (χ0n) is 5.22. The second-order valence-corrected chi connectivity index (χ2v) is 1.75. The molecule has 0 fully saturated rings. The maximum absolute atomic E-state index is 5.36. The van der Waals surface area contributed by atoms with Crippen LogP contribution in [0.2, 0.25) is 5.82 Å². The van der Waals surface area contributed by atoms with Crippen LogP contribution in [0.1, 0.15) is 13.8 Å². The molecule has 0 aromatic carbocycles. The highest BCUT2D eigenvalue weighted by Crippen LogP contribution is 2.02. The normalized spacial score (nSPS) is 15.5. The number of hydrogen-bond acceptors (Lipinski definition) is 1. The minimum absolute atomic E-state index is 0.0125. The van der Waals surface area contributed by atoms with Gasteiger partial charge in [0.2, 0.25) is 0 Å². The van der Waals surface area contributed by atoms with Crippen LogP contribution in [0.3, 0.4) is 0 Å². The zero-order valence-corrected chi connectivity index (χ0v) is 5.22. The molecule has 0 aromatic rings. The molecule has 0 aliphatic rings. The highest BCUT2D eigenvalue weighted by molar-refractivity contribution is 6.12. The minimum atomic E-state index is 0.0125. The monoisotopic (exact) mass is 106 g/mol. The summed E-state index contributed by atoms with van der Waals surface area (Å²) in [6.07, 6.45) is 1.74. The Labute approximate surface area is 53.0 Å². The molecule has 0 rings (SSSR count).